The minimum Gasteiger partial charge on any atom is -0.376 e. The number of ether oxygens (including phenoxy) is 1. The molecule has 3 rings (SSSR count). The number of rotatable bonds is 7. The highest BCUT2D eigenvalue weighted by molar-refractivity contribution is 8.02. The van der Waals surface area contributed by atoms with Crippen molar-refractivity contribution in [2.75, 3.05) is 23.8 Å². The normalized spacial score (nSPS) is 17.7. The molecule has 0 aliphatic carbocycles. The summed E-state index contributed by atoms with van der Waals surface area (Å²) < 4.78 is 45.9. The third-order valence-electron chi connectivity index (χ3n) is 3.85. The predicted octanol–water partition coefficient (Wildman–Crippen LogP) is 3.67. The lowest BCUT2D eigenvalue weighted by atomic mass is 10.2. The summed E-state index contributed by atoms with van der Waals surface area (Å²) in [5, 5.41) is 13.4. The van der Waals surface area contributed by atoms with E-state index in [1.54, 1.807) is 6.92 Å². The van der Waals surface area contributed by atoms with E-state index >= 15 is 0 Å². The second-order valence-corrected chi connectivity index (χ2v) is 8.43. The van der Waals surface area contributed by atoms with Crippen molar-refractivity contribution >= 4 is 39.8 Å². The molecule has 2 N–H and O–H groups in total. The van der Waals surface area contributed by atoms with E-state index in [-0.39, 0.29) is 6.10 Å². The number of benzene rings is 1. The fourth-order valence-corrected chi connectivity index (χ4v) is 4.30. The number of carbonyl (C=O) groups excluding carboxylic acids is 1. The Balaban J connectivity index is 1.53. The van der Waals surface area contributed by atoms with Crippen LogP contribution in [-0.4, -0.2) is 40.6 Å². The second-order valence-electron chi connectivity index (χ2n) is 5.86. The van der Waals surface area contributed by atoms with Gasteiger partial charge in [0.15, 0.2) is 21.8 Å². The highest BCUT2D eigenvalue weighted by Crippen LogP contribution is 2.30. The van der Waals surface area contributed by atoms with Crippen molar-refractivity contribution in [1.29, 1.82) is 0 Å². The van der Waals surface area contributed by atoms with Gasteiger partial charge in [-0.2, -0.15) is 0 Å². The van der Waals surface area contributed by atoms with Gasteiger partial charge in [-0.1, -0.05) is 23.1 Å². The van der Waals surface area contributed by atoms with Gasteiger partial charge in [0.05, 0.1) is 17.0 Å². The molecule has 1 aliphatic rings. The Bertz CT molecular complexity index is 815. The van der Waals surface area contributed by atoms with E-state index in [2.05, 4.69) is 20.8 Å². The standard InChI is InChI=1S/C16H17F3N4O2S2/c1-8(14(24)21-11-5-4-10(17)12(18)13(11)19)26-16-23-22-15(27-16)20-7-9-3-2-6-25-9/h4-5,8-9H,2-3,6-7H2,1H3,(H,20,22)(H,21,24). The topological polar surface area (TPSA) is 76.1 Å². The fourth-order valence-electron chi connectivity index (χ4n) is 2.40. The van der Waals surface area contributed by atoms with Crippen LogP contribution in [0.2, 0.25) is 0 Å². The molecule has 6 nitrogen and oxygen atoms in total. The summed E-state index contributed by atoms with van der Waals surface area (Å²) in [5.41, 5.74) is -0.414. The van der Waals surface area contributed by atoms with Crippen molar-refractivity contribution in [3.8, 4) is 0 Å². The fraction of sp³-hybridized carbons (Fsp3) is 0.438. The zero-order valence-electron chi connectivity index (χ0n) is 14.3. The molecule has 0 bridgehead atoms. The first kappa shape index (κ1) is 19.9. The smallest absolute Gasteiger partial charge is 0.237 e. The van der Waals surface area contributed by atoms with Crippen molar-refractivity contribution in [3.05, 3.63) is 29.6 Å². The number of hydrogen-bond acceptors (Lipinski definition) is 7. The first-order chi connectivity index (χ1) is 12.9. The molecular formula is C16H17F3N4O2S2. The summed E-state index contributed by atoms with van der Waals surface area (Å²) in [4.78, 5) is 12.2. The Morgan fingerprint density at radius 3 is 2.93 bits per heavy atom. The molecule has 1 fully saturated rings. The number of hydrogen-bond donors (Lipinski definition) is 2. The van der Waals surface area contributed by atoms with E-state index in [1.165, 1.54) is 11.3 Å². The van der Waals surface area contributed by atoms with Crippen molar-refractivity contribution in [2.24, 2.45) is 0 Å². The molecule has 11 heteroatoms. The van der Waals surface area contributed by atoms with Gasteiger partial charge in [-0.15, -0.1) is 10.2 Å². The summed E-state index contributed by atoms with van der Waals surface area (Å²) in [7, 11) is 0. The van der Waals surface area contributed by atoms with Crippen LogP contribution in [0, 0.1) is 17.5 Å². The van der Waals surface area contributed by atoms with Gasteiger partial charge in [-0.3, -0.25) is 4.79 Å². The molecule has 2 atom stereocenters. The molecule has 1 aliphatic heterocycles. The number of amides is 1. The Hall–Kier alpha value is -1.85. The molecular weight excluding hydrogens is 401 g/mol. The minimum atomic E-state index is -1.63. The van der Waals surface area contributed by atoms with E-state index in [0.29, 0.717) is 16.0 Å². The third kappa shape index (κ3) is 5.11. The van der Waals surface area contributed by atoms with Crippen molar-refractivity contribution in [3.63, 3.8) is 0 Å². The largest absolute Gasteiger partial charge is 0.376 e. The van der Waals surface area contributed by atoms with Gasteiger partial charge >= 0.3 is 0 Å². The van der Waals surface area contributed by atoms with Crippen LogP contribution >= 0.6 is 23.1 Å². The lowest BCUT2D eigenvalue weighted by molar-refractivity contribution is -0.115. The molecule has 1 aromatic carbocycles. The van der Waals surface area contributed by atoms with Crippen LogP contribution in [0.25, 0.3) is 0 Å². The van der Waals surface area contributed by atoms with Gasteiger partial charge in [0.25, 0.3) is 0 Å². The van der Waals surface area contributed by atoms with E-state index in [4.69, 9.17) is 4.74 Å². The summed E-state index contributed by atoms with van der Waals surface area (Å²) in [6.07, 6.45) is 2.22. The number of nitrogens with zero attached hydrogens (tertiary/aromatic N) is 2. The number of nitrogens with one attached hydrogen (secondary N) is 2. The van der Waals surface area contributed by atoms with E-state index < -0.39 is 34.3 Å². The number of halogens is 3. The summed E-state index contributed by atoms with van der Waals surface area (Å²) in [6.45, 7) is 3.01. The monoisotopic (exact) mass is 418 g/mol. The predicted molar refractivity (Wildman–Crippen MR) is 97.6 cm³/mol. The molecule has 1 saturated heterocycles. The molecule has 0 radical (unpaired) electrons. The SMILES string of the molecule is CC(Sc1nnc(NCC2CCCO2)s1)C(=O)Nc1ccc(F)c(F)c1F. The van der Waals surface area contributed by atoms with Gasteiger partial charge in [0, 0.05) is 13.2 Å². The molecule has 0 saturated carbocycles. The maximum atomic E-state index is 13.7. The molecule has 27 heavy (non-hydrogen) atoms. The minimum absolute atomic E-state index is 0.167. The molecule has 1 amide bonds. The van der Waals surface area contributed by atoms with Gasteiger partial charge in [0.2, 0.25) is 11.0 Å². The van der Waals surface area contributed by atoms with E-state index in [9.17, 15) is 18.0 Å². The average Bonchev–Trinajstić information content (AvgIpc) is 3.32. The van der Waals surface area contributed by atoms with Gasteiger partial charge in [-0.25, -0.2) is 13.2 Å². The average molecular weight is 418 g/mol. The summed E-state index contributed by atoms with van der Waals surface area (Å²) in [6, 6.07) is 1.73. The Kier molecular flexibility index (Phi) is 6.55. The van der Waals surface area contributed by atoms with Crippen molar-refractivity contribution in [1.82, 2.24) is 10.2 Å². The number of anilines is 2. The van der Waals surface area contributed by atoms with Gasteiger partial charge in [0.1, 0.15) is 0 Å². The Labute approximate surface area is 161 Å². The first-order valence-electron chi connectivity index (χ1n) is 8.24. The van der Waals surface area contributed by atoms with E-state index in [0.717, 1.165) is 43.3 Å². The van der Waals surface area contributed by atoms with Crippen LogP contribution in [0.3, 0.4) is 0 Å². The highest BCUT2D eigenvalue weighted by Gasteiger charge is 2.21. The molecule has 1 aromatic heterocycles. The van der Waals surface area contributed by atoms with Crippen molar-refractivity contribution in [2.45, 2.75) is 35.5 Å². The molecule has 2 unspecified atom stereocenters. The van der Waals surface area contributed by atoms with Crippen LogP contribution in [0.15, 0.2) is 16.5 Å². The molecule has 2 aromatic rings. The number of aromatic nitrogens is 2. The highest BCUT2D eigenvalue weighted by atomic mass is 32.2. The lowest BCUT2D eigenvalue weighted by Crippen LogP contribution is -2.23. The molecule has 0 spiro atoms. The van der Waals surface area contributed by atoms with Crippen molar-refractivity contribution < 1.29 is 22.7 Å². The quantitative estimate of drug-likeness (QED) is 0.528. The zero-order valence-corrected chi connectivity index (χ0v) is 15.9. The van der Waals surface area contributed by atoms with Crippen LogP contribution in [0.5, 0.6) is 0 Å². The number of thioether (sulfide) groups is 1. The van der Waals surface area contributed by atoms with Crippen LogP contribution in [0.4, 0.5) is 24.0 Å². The molecule has 146 valence electrons. The Morgan fingerprint density at radius 1 is 1.37 bits per heavy atom. The Morgan fingerprint density at radius 2 is 2.19 bits per heavy atom. The molecule has 2 heterocycles. The van der Waals surface area contributed by atoms with Crippen LogP contribution in [0.1, 0.15) is 19.8 Å². The lowest BCUT2D eigenvalue weighted by Gasteiger charge is -2.11. The second kappa shape index (κ2) is 8.89. The third-order valence-corrected chi connectivity index (χ3v) is 5.92. The zero-order chi connectivity index (χ0) is 19.4. The van der Waals surface area contributed by atoms with Crippen LogP contribution < -0.4 is 10.6 Å². The summed E-state index contributed by atoms with van der Waals surface area (Å²) in [5.74, 6) is -4.94. The first-order valence-corrected chi connectivity index (χ1v) is 9.93. The maximum Gasteiger partial charge on any atom is 0.237 e. The van der Waals surface area contributed by atoms with Gasteiger partial charge in [-0.05, 0) is 31.9 Å². The summed E-state index contributed by atoms with van der Waals surface area (Å²) >= 11 is 2.42. The maximum absolute atomic E-state index is 13.7. The van der Waals surface area contributed by atoms with E-state index in [1.807, 2.05) is 0 Å². The number of carbonyl (C=O) groups is 1. The van der Waals surface area contributed by atoms with Gasteiger partial charge < -0.3 is 15.4 Å². The van der Waals surface area contributed by atoms with Crippen LogP contribution in [-0.2, 0) is 9.53 Å².